The number of para-hydroxylation sites is 6. The van der Waals surface area contributed by atoms with Crippen molar-refractivity contribution in [2.24, 2.45) is 0 Å². The van der Waals surface area contributed by atoms with Crippen LogP contribution in [0.1, 0.15) is 0 Å². The van der Waals surface area contributed by atoms with Gasteiger partial charge < -0.3 is 35.6 Å². The maximum absolute atomic E-state index is 3.65. The van der Waals surface area contributed by atoms with Crippen molar-refractivity contribution < 1.29 is 0 Å². The predicted octanol–water partition coefficient (Wildman–Crippen LogP) is 20.8. The molecule has 0 aliphatic heterocycles. The minimum Gasteiger partial charge on any atom is -0.356 e. The molecule has 0 amide bonds. The average Bonchev–Trinajstić information content (AvgIpc) is 3.52. The minimum absolute atomic E-state index is 0.988. The third kappa shape index (κ3) is 11.6. The number of benzene rings is 12. The van der Waals surface area contributed by atoms with E-state index in [9.17, 15) is 0 Å². The first kappa shape index (κ1) is 49.1. The lowest BCUT2D eigenvalue weighted by atomic mass is 10.1. The van der Waals surface area contributed by atoms with Crippen molar-refractivity contribution in [3.05, 3.63) is 328 Å². The number of nitrogens with one attached hydrogen (secondary N) is 3. The largest absolute Gasteiger partial charge is 0.356 e. The van der Waals surface area contributed by atoms with Crippen LogP contribution in [0.2, 0.25) is 0 Å². The molecule has 0 aliphatic carbocycles. The monoisotopic (exact) mass is 1020 g/mol. The van der Waals surface area contributed by atoms with Gasteiger partial charge in [0, 0.05) is 102 Å². The molecular weight excluding hydrogens is 963 g/mol. The molecule has 0 bridgehead atoms. The summed E-state index contributed by atoms with van der Waals surface area (Å²) in [5.41, 5.74) is 18.9. The molecule has 0 fully saturated rings. The summed E-state index contributed by atoms with van der Waals surface area (Å²) in [7, 11) is 0. The molecule has 0 heterocycles. The van der Waals surface area contributed by atoms with Crippen LogP contribution < -0.4 is 35.6 Å². The van der Waals surface area contributed by atoms with Crippen LogP contribution in [0, 0.1) is 0 Å². The zero-order valence-electron chi connectivity index (χ0n) is 43.5. The lowest BCUT2D eigenvalue weighted by Gasteiger charge is -2.27. The highest BCUT2D eigenvalue weighted by molar-refractivity contribution is 5.83. The molecule has 3 N–H and O–H groups in total. The topological polar surface area (TPSA) is 49.1 Å². The van der Waals surface area contributed by atoms with Crippen LogP contribution in [0.5, 0.6) is 0 Å². The minimum atomic E-state index is 0.988. The number of nitrogens with zero attached hydrogens (tertiary/aromatic N) is 4. The van der Waals surface area contributed by atoms with Gasteiger partial charge >= 0.3 is 0 Å². The van der Waals surface area contributed by atoms with Gasteiger partial charge in [-0.25, -0.2) is 0 Å². The first-order valence-electron chi connectivity index (χ1n) is 26.6. The summed E-state index contributed by atoms with van der Waals surface area (Å²) in [6.07, 6.45) is 0. The van der Waals surface area contributed by atoms with Crippen LogP contribution in [-0.2, 0) is 0 Å². The smallest absolute Gasteiger partial charge is 0.0463 e. The van der Waals surface area contributed by atoms with Gasteiger partial charge in [0.15, 0.2) is 0 Å². The van der Waals surface area contributed by atoms with E-state index in [4.69, 9.17) is 0 Å². The van der Waals surface area contributed by atoms with Crippen molar-refractivity contribution in [3.63, 3.8) is 0 Å². The van der Waals surface area contributed by atoms with Crippen LogP contribution in [0.15, 0.2) is 328 Å². The van der Waals surface area contributed by atoms with Crippen molar-refractivity contribution in [1.82, 2.24) is 0 Å². The van der Waals surface area contributed by atoms with Gasteiger partial charge in [-0.05, 0) is 218 Å². The van der Waals surface area contributed by atoms with Crippen LogP contribution in [0.3, 0.4) is 0 Å². The maximum Gasteiger partial charge on any atom is 0.0463 e. The molecule has 0 aliphatic rings. The van der Waals surface area contributed by atoms with E-state index >= 15 is 0 Å². The van der Waals surface area contributed by atoms with Gasteiger partial charge in [-0.2, -0.15) is 0 Å². The molecule has 7 nitrogen and oxygen atoms in total. The second-order valence-electron chi connectivity index (χ2n) is 19.0. The van der Waals surface area contributed by atoms with Gasteiger partial charge in [0.1, 0.15) is 0 Å². The van der Waals surface area contributed by atoms with E-state index in [2.05, 4.69) is 327 Å². The highest BCUT2D eigenvalue weighted by Crippen LogP contribution is 2.41. The van der Waals surface area contributed by atoms with Gasteiger partial charge in [-0.15, -0.1) is 0 Å². The maximum atomic E-state index is 3.65. The highest BCUT2D eigenvalue weighted by Gasteiger charge is 2.17. The zero-order valence-corrected chi connectivity index (χ0v) is 43.5. The Morgan fingerprint density at radius 1 is 0.127 bits per heavy atom. The number of rotatable bonds is 18. The SMILES string of the molecule is c1ccc(N(c2ccccc2)c2ccc(Nc3ccc(N(c4ccc(Nc5ccc(N(c6ccccc6)c6ccccc6)cc5)cc4)c4ccc(Nc5ccc(N(c6ccccc6)c6ccccc6)cc5)cc4)cc3)cc2)cc1. The third-order valence-electron chi connectivity index (χ3n) is 13.7. The summed E-state index contributed by atoms with van der Waals surface area (Å²) in [5.74, 6) is 0. The third-order valence-corrected chi connectivity index (χ3v) is 13.7. The molecule has 79 heavy (non-hydrogen) atoms. The fourth-order valence-corrected chi connectivity index (χ4v) is 9.91. The predicted molar refractivity (Wildman–Crippen MR) is 334 cm³/mol. The first-order valence-corrected chi connectivity index (χ1v) is 26.6. The van der Waals surface area contributed by atoms with E-state index in [-0.39, 0.29) is 0 Å². The Labute approximate surface area is 463 Å². The van der Waals surface area contributed by atoms with Crippen molar-refractivity contribution in [2.75, 3.05) is 35.6 Å². The summed E-state index contributed by atoms with van der Waals surface area (Å²) in [5, 5.41) is 10.9. The molecule has 0 unspecified atom stereocenters. The standard InChI is InChI=1S/C72H57N7/c1-7-19-61(20-8-1)76(62-21-9-2-10-22-62)67-43-31-55(32-44-67)73-58-37-49-70(50-38-58)79(71-51-39-59(40-52-71)74-56-33-45-68(46-34-56)77(63-23-11-3-12-24-63)64-25-13-4-14-26-64)72-53-41-60(42-54-72)75-57-35-47-69(48-36-57)78(65-27-15-5-16-28-65)66-29-17-6-18-30-66/h1-54,73-75H. The van der Waals surface area contributed by atoms with Gasteiger partial charge in [0.25, 0.3) is 0 Å². The molecule has 12 aromatic carbocycles. The van der Waals surface area contributed by atoms with Crippen LogP contribution >= 0.6 is 0 Å². The molecule has 0 spiro atoms. The summed E-state index contributed by atoms with van der Waals surface area (Å²) in [6.45, 7) is 0. The summed E-state index contributed by atoms with van der Waals surface area (Å²) in [6, 6.07) is 115. The molecule has 12 aromatic rings. The van der Waals surface area contributed by atoms with Crippen LogP contribution in [-0.4, -0.2) is 0 Å². The Bertz CT molecular complexity index is 3270. The first-order chi connectivity index (χ1) is 39.1. The van der Waals surface area contributed by atoms with Crippen LogP contribution in [0.25, 0.3) is 0 Å². The quantitative estimate of drug-likeness (QED) is 0.0792. The molecule has 7 heteroatoms. The summed E-state index contributed by atoms with van der Waals surface area (Å²) < 4.78 is 0. The van der Waals surface area contributed by atoms with Crippen molar-refractivity contribution in [3.8, 4) is 0 Å². The van der Waals surface area contributed by atoms with Crippen LogP contribution in [0.4, 0.5) is 102 Å². The number of hydrogen-bond donors (Lipinski definition) is 3. The second kappa shape index (κ2) is 23.4. The Balaban J connectivity index is 0.793. The van der Waals surface area contributed by atoms with Gasteiger partial charge in [0.05, 0.1) is 0 Å². The van der Waals surface area contributed by atoms with E-state index in [0.717, 1.165) is 102 Å². The average molecular weight is 1020 g/mol. The Kier molecular flexibility index (Phi) is 14.6. The highest BCUT2D eigenvalue weighted by atomic mass is 15.2. The molecule has 0 radical (unpaired) electrons. The van der Waals surface area contributed by atoms with Crippen molar-refractivity contribution in [2.45, 2.75) is 0 Å². The second-order valence-corrected chi connectivity index (χ2v) is 19.0. The number of hydrogen-bond acceptors (Lipinski definition) is 7. The van der Waals surface area contributed by atoms with E-state index < -0.39 is 0 Å². The Morgan fingerprint density at radius 3 is 0.367 bits per heavy atom. The van der Waals surface area contributed by atoms with E-state index in [1.807, 2.05) is 36.4 Å². The summed E-state index contributed by atoms with van der Waals surface area (Å²) >= 11 is 0. The lowest BCUT2D eigenvalue weighted by molar-refractivity contribution is 1.28. The molecule has 380 valence electrons. The fourth-order valence-electron chi connectivity index (χ4n) is 9.91. The molecule has 0 saturated carbocycles. The summed E-state index contributed by atoms with van der Waals surface area (Å²) in [4.78, 5) is 9.10. The molecule has 0 saturated heterocycles. The Morgan fingerprint density at radius 2 is 0.241 bits per heavy atom. The zero-order chi connectivity index (χ0) is 53.0. The molecular formula is C72H57N7. The molecule has 0 aromatic heterocycles. The van der Waals surface area contributed by atoms with Gasteiger partial charge in [-0.3, -0.25) is 0 Å². The van der Waals surface area contributed by atoms with Gasteiger partial charge in [0.2, 0.25) is 0 Å². The van der Waals surface area contributed by atoms with E-state index in [1.165, 1.54) is 0 Å². The van der Waals surface area contributed by atoms with Gasteiger partial charge in [-0.1, -0.05) is 109 Å². The Hall–Kier alpha value is -10.8. The normalized spacial score (nSPS) is 10.8. The van der Waals surface area contributed by atoms with E-state index in [0.29, 0.717) is 0 Å². The molecule has 0 atom stereocenters. The lowest BCUT2D eigenvalue weighted by Crippen LogP contribution is -2.10. The van der Waals surface area contributed by atoms with Crippen molar-refractivity contribution >= 4 is 102 Å². The van der Waals surface area contributed by atoms with E-state index in [1.54, 1.807) is 0 Å². The molecule has 12 rings (SSSR count). The fraction of sp³-hybridized carbons (Fsp3) is 0. The number of anilines is 18. The van der Waals surface area contributed by atoms with Crippen molar-refractivity contribution in [1.29, 1.82) is 0 Å².